The third kappa shape index (κ3) is 3.85. The normalized spacial score (nSPS) is 27.2. The summed E-state index contributed by atoms with van der Waals surface area (Å²) < 4.78 is 16.8. The molecule has 2 aliphatic rings. The van der Waals surface area contributed by atoms with Crippen molar-refractivity contribution < 1.29 is 19.3 Å². The summed E-state index contributed by atoms with van der Waals surface area (Å²) in [5.74, 6) is 1.53. The van der Waals surface area contributed by atoms with Gasteiger partial charge in [0.1, 0.15) is 0 Å². The van der Waals surface area contributed by atoms with Crippen molar-refractivity contribution in [3.8, 4) is 11.5 Å². The van der Waals surface area contributed by atoms with Crippen LogP contribution in [0.5, 0.6) is 11.5 Å². The summed E-state index contributed by atoms with van der Waals surface area (Å²) in [6.07, 6.45) is 3.46. The number of ether oxygens (including phenoxy) is 3. The van der Waals surface area contributed by atoms with E-state index in [0.29, 0.717) is 6.61 Å². The average Bonchev–Trinajstić information content (AvgIpc) is 2.56. The van der Waals surface area contributed by atoms with Crippen LogP contribution in [0.1, 0.15) is 38.2 Å². The minimum atomic E-state index is -0.580. The molecular formula is C19H29NO4. The van der Waals surface area contributed by atoms with E-state index in [1.165, 1.54) is 5.56 Å². The highest BCUT2D eigenvalue weighted by Gasteiger charge is 2.44. The van der Waals surface area contributed by atoms with E-state index < -0.39 is 5.60 Å². The molecule has 1 aromatic rings. The second-order valence-electron chi connectivity index (χ2n) is 7.42. The molecule has 1 N–H and O–H groups in total. The first-order chi connectivity index (χ1) is 11.5. The molecule has 0 aromatic heterocycles. The Kier molecular flexibility index (Phi) is 5.04. The zero-order valence-corrected chi connectivity index (χ0v) is 15.0. The lowest BCUT2D eigenvalue weighted by Crippen LogP contribution is -2.53. The molecule has 1 atom stereocenters. The molecule has 0 bridgehead atoms. The van der Waals surface area contributed by atoms with Crippen LogP contribution in [-0.4, -0.2) is 55.1 Å². The second-order valence-corrected chi connectivity index (χ2v) is 7.42. The number of piperidine rings is 1. The minimum absolute atomic E-state index is 0.129. The molecule has 2 fully saturated rings. The topological polar surface area (TPSA) is 51.2 Å². The van der Waals surface area contributed by atoms with E-state index in [2.05, 4.69) is 11.0 Å². The molecule has 1 spiro atoms. The highest BCUT2D eigenvalue weighted by Crippen LogP contribution is 2.39. The lowest BCUT2D eigenvalue weighted by atomic mass is 9.78. The van der Waals surface area contributed by atoms with Crippen LogP contribution in [0.25, 0.3) is 0 Å². The molecule has 134 valence electrons. The lowest BCUT2D eigenvalue weighted by molar-refractivity contribution is -0.173. The average molecular weight is 335 g/mol. The Balaban J connectivity index is 1.59. The third-order valence-electron chi connectivity index (χ3n) is 5.37. The summed E-state index contributed by atoms with van der Waals surface area (Å²) in [7, 11) is 3.32. The van der Waals surface area contributed by atoms with Gasteiger partial charge in [0.15, 0.2) is 11.5 Å². The summed E-state index contributed by atoms with van der Waals surface area (Å²) in [5, 5.41) is 10.4. The van der Waals surface area contributed by atoms with Gasteiger partial charge in [-0.1, -0.05) is 6.07 Å². The molecule has 5 nitrogen and oxygen atoms in total. The van der Waals surface area contributed by atoms with Crippen molar-refractivity contribution in [1.29, 1.82) is 0 Å². The van der Waals surface area contributed by atoms with Gasteiger partial charge in [0.25, 0.3) is 0 Å². The predicted molar refractivity (Wildman–Crippen MR) is 92.6 cm³/mol. The maximum atomic E-state index is 10.4. The second kappa shape index (κ2) is 6.90. The fourth-order valence-electron chi connectivity index (χ4n) is 4.00. The molecule has 0 saturated carbocycles. The summed E-state index contributed by atoms with van der Waals surface area (Å²) in [4.78, 5) is 2.44. The van der Waals surface area contributed by atoms with Gasteiger partial charge in [-0.25, -0.2) is 0 Å². The maximum Gasteiger partial charge on any atom is 0.161 e. The van der Waals surface area contributed by atoms with Gasteiger partial charge in [-0.05, 0) is 43.9 Å². The van der Waals surface area contributed by atoms with Crippen LogP contribution in [0.4, 0.5) is 0 Å². The van der Waals surface area contributed by atoms with Crippen molar-refractivity contribution in [3.05, 3.63) is 23.8 Å². The van der Waals surface area contributed by atoms with Gasteiger partial charge in [0, 0.05) is 26.1 Å². The van der Waals surface area contributed by atoms with Crippen molar-refractivity contribution in [2.75, 3.05) is 33.9 Å². The maximum absolute atomic E-state index is 10.4. The van der Waals surface area contributed by atoms with E-state index >= 15 is 0 Å². The van der Waals surface area contributed by atoms with Crippen LogP contribution in [0, 0.1) is 0 Å². The summed E-state index contributed by atoms with van der Waals surface area (Å²) in [6, 6.07) is 6.10. The molecule has 1 aromatic carbocycles. The van der Waals surface area contributed by atoms with E-state index in [1.807, 2.05) is 19.1 Å². The van der Waals surface area contributed by atoms with Crippen LogP contribution < -0.4 is 9.47 Å². The summed E-state index contributed by atoms with van der Waals surface area (Å²) in [6.45, 7) is 5.48. The van der Waals surface area contributed by atoms with Gasteiger partial charge in [-0.3, -0.25) is 4.90 Å². The molecule has 0 amide bonds. The largest absolute Gasteiger partial charge is 0.493 e. The van der Waals surface area contributed by atoms with E-state index in [9.17, 15) is 5.11 Å². The lowest BCUT2D eigenvalue weighted by Gasteiger charge is -2.48. The first-order valence-corrected chi connectivity index (χ1v) is 8.75. The Morgan fingerprint density at radius 1 is 1.12 bits per heavy atom. The number of hydrogen-bond donors (Lipinski definition) is 1. The Morgan fingerprint density at radius 2 is 1.83 bits per heavy atom. The fourth-order valence-corrected chi connectivity index (χ4v) is 4.00. The number of benzene rings is 1. The van der Waals surface area contributed by atoms with Crippen LogP contribution in [-0.2, 0) is 11.3 Å². The molecular weight excluding hydrogens is 306 g/mol. The van der Waals surface area contributed by atoms with Gasteiger partial charge in [0.2, 0.25) is 0 Å². The van der Waals surface area contributed by atoms with E-state index in [4.69, 9.17) is 14.2 Å². The Labute approximate surface area is 144 Å². The minimum Gasteiger partial charge on any atom is -0.493 e. The van der Waals surface area contributed by atoms with Crippen molar-refractivity contribution in [2.24, 2.45) is 0 Å². The van der Waals surface area contributed by atoms with E-state index in [0.717, 1.165) is 56.8 Å². The molecule has 2 saturated heterocycles. The fraction of sp³-hybridized carbons (Fsp3) is 0.684. The van der Waals surface area contributed by atoms with Crippen molar-refractivity contribution >= 4 is 0 Å². The van der Waals surface area contributed by atoms with Gasteiger partial charge in [-0.2, -0.15) is 0 Å². The number of hydrogen-bond acceptors (Lipinski definition) is 5. The monoisotopic (exact) mass is 335 g/mol. The van der Waals surface area contributed by atoms with Crippen molar-refractivity contribution in [1.82, 2.24) is 4.90 Å². The van der Waals surface area contributed by atoms with Crippen LogP contribution >= 0.6 is 0 Å². The van der Waals surface area contributed by atoms with E-state index in [-0.39, 0.29) is 5.60 Å². The number of rotatable bonds is 4. The quantitative estimate of drug-likeness (QED) is 0.917. The molecule has 2 aliphatic heterocycles. The SMILES string of the molecule is COc1ccc(CN2CCC3(CC2)CC(C)(O)CCO3)cc1OC. The number of likely N-dealkylation sites (tertiary alicyclic amines) is 1. The number of nitrogens with zero attached hydrogens (tertiary/aromatic N) is 1. The van der Waals surface area contributed by atoms with Crippen molar-refractivity contribution in [3.63, 3.8) is 0 Å². The molecule has 2 heterocycles. The first kappa shape index (κ1) is 17.5. The molecule has 3 rings (SSSR count). The molecule has 5 heteroatoms. The highest BCUT2D eigenvalue weighted by molar-refractivity contribution is 5.42. The predicted octanol–water partition coefficient (Wildman–Crippen LogP) is 2.60. The van der Waals surface area contributed by atoms with Gasteiger partial charge in [0.05, 0.1) is 32.0 Å². The van der Waals surface area contributed by atoms with E-state index in [1.54, 1.807) is 14.2 Å². The molecule has 0 aliphatic carbocycles. The number of methoxy groups -OCH3 is 2. The number of aliphatic hydroxyl groups is 1. The zero-order valence-electron chi connectivity index (χ0n) is 15.0. The van der Waals surface area contributed by atoms with Crippen LogP contribution in [0.3, 0.4) is 0 Å². The molecule has 0 radical (unpaired) electrons. The zero-order chi connectivity index (χ0) is 17.2. The Bertz CT molecular complexity index is 564. The Hall–Kier alpha value is -1.30. The van der Waals surface area contributed by atoms with Gasteiger partial charge < -0.3 is 19.3 Å². The Morgan fingerprint density at radius 3 is 2.46 bits per heavy atom. The van der Waals surface area contributed by atoms with Crippen LogP contribution in [0.15, 0.2) is 18.2 Å². The van der Waals surface area contributed by atoms with Crippen LogP contribution in [0.2, 0.25) is 0 Å². The summed E-state index contributed by atoms with van der Waals surface area (Å²) in [5.41, 5.74) is 0.514. The van der Waals surface area contributed by atoms with Crippen molar-refractivity contribution in [2.45, 2.75) is 50.4 Å². The van der Waals surface area contributed by atoms with Gasteiger partial charge in [-0.15, -0.1) is 0 Å². The summed E-state index contributed by atoms with van der Waals surface area (Å²) >= 11 is 0. The van der Waals surface area contributed by atoms with Gasteiger partial charge >= 0.3 is 0 Å². The third-order valence-corrected chi connectivity index (χ3v) is 5.37. The highest BCUT2D eigenvalue weighted by atomic mass is 16.5. The molecule has 24 heavy (non-hydrogen) atoms. The first-order valence-electron chi connectivity index (χ1n) is 8.75. The standard InChI is InChI=1S/C19H29NO4/c1-18(21)8-11-24-19(14-18)6-9-20(10-7-19)13-15-4-5-16(22-2)17(12-15)23-3/h4-5,12,21H,6-11,13-14H2,1-3H3. The molecule has 1 unspecified atom stereocenters. The smallest absolute Gasteiger partial charge is 0.161 e.